The number of nitrogens with zero attached hydrogens (tertiary/aromatic N) is 2. The highest BCUT2D eigenvalue weighted by molar-refractivity contribution is 7.10. The molecule has 0 bridgehead atoms. The van der Waals surface area contributed by atoms with Gasteiger partial charge in [0.05, 0.1) is 22.6 Å². The van der Waals surface area contributed by atoms with Crippen LogP contribution < -0.4 is 21.9 Å². The van der Waals surface area contributed by atoms with E-state index in [4.69, 9.17) is 11.6 Å². The van der Waals surface area contributed by atoms with Crippen LogP contribution in [0.2, 0.25) is 0 Å². The van der Waals surface area contributed by atoms with Crippen molar-refractivity contribution >= 4 is 40.1 Å². The molecule has 1 aromatic heterocycles. The molecule has 1 heterocycles. The summed E-state index contributed by atoms with van der Waals surface area (Å²) in [7, 11) is 0. The first-order valence-electron chi connectivity index (χ1n) is 8.11. The summed E-state index contributed by atoms with van der Waals surface area (Å²) in [5.41, 5.74) is 7.89. The van der Waals surface area contributed by atoms with Crippen LogP contribution in [0.25, 0.3) is 0 Å². The van der Waals surface area contributed by atoms with Crippen molar-refractivity contribution in [1.29, 1.82) is 0 Å². The SMILES string of the molecule is Cc1cc(Nc2cc(N(N)[C@@H](C=O)CC3CC3)ccc2C(N)=O)sn1. The molecule has 1 amide bonds. The number of benzene rings is 1. The maximum atomic E-state index is 11.7. The summed E-state index contributed by atoms with van der Waals surface area (Å²) in [6.07, 6.45) is 3.92. The summed E-state index contributed by atoms with van der Waals surface area (Å²) in [6, 6.07) is 6.55. The molecule has 7 nitrogen and oxygen atoms in total. The molecule has 1 aliphatic rings. The second-order valence-electron chi connectivity index (χ2n) is 6.34. The molecule has 5 N–H and O–H groups in total. The zero-order valence-corrected chi connectivity index (χ0v) is 14.8. The van der Waals surface area contributed by atoms with Gasteiger partial charge in [-0.1, -0.05) is 12.8 Å². The summed E-state index contributed by atoms with van der Waals surface area (Å²) in [5, 5.41) is 5.42. The highest BCUT2D eigenvalue weighted by Crippen LogP contribution is 2.35. The zero-order valence-electron chi connectivity index (χ0n) is 13.9. The Hall–Kier alpha value is -2.45. The Morgan fingerprint density at radius 3 is 2.80 bits per heavy atom. The smallest absolute Gasteiger partial charge is 0.250 e. The van der Waals surface area contributed by atoms with Crippen molar-refractivity contribution in [2.75, 3.05) is 10.3 Å². The van der Waals surface area contributed by atoms with Crippen LogP contribution in [-0.2, 0) is 4.79 Å². The van der Waals surface area contributed by atoms with E-state index in [1.54, 1.807) is 18.2 Å². The molecule has 1 fully saturated rings. The lowest BCUT2D eigenvalue weighted by molar-refractivity contribution is -0.109. The Morgan fingerprint density at radius 2 is 2.24 bits per heavy atom. The number of nitrogens with two attached hydrogens (primary N) is 2. The van der Waals surface area contributed by atoms with Gasteiger partial charge in [-0.25, -0.2) is 5.84 Å². The topological polar surface area (TPSA) is 114 Å². The number of aryl methyl sites for hydroxylation is 1. The van der Waals surface area contributed by atoms with E-state index in [1.165, 1.54) is 16.5 Å². The maximum Gasteiger partial charge on any atom is 0.250 e. The Balaban J connectivity index is 1.88. The first kappa shape index (κ1) is 17.4. The van der Waals surface area contributed by atoms with Crippen LogP contribution in [0.1, 0.15) is 35.3 Å². The summed E-state index contributed by atoms with van der Waals surface area (Å²) < 4.78 is 4.21. The van der Waals surface area contributed by atoms with Crippen molar-refractivity contribution in [3.05, 3.63) is 35.5 Å². The molecule has 1 aromatic carbocycles. The monoisotopic (exact) mass is 359 g/mol. The van der Waals surface area contributed by atoms with E-state index < -0.39 is 5.91 Å². The Labute approximate surface area is 150 Å². The van der Waals surface area contributed by atoms with Gasteiger partial charge >= 0.3 is 0 Å². The molecule has 0 radical (unpaired) electrons. The molecule has 3 rings (SSSR count). The molecular weight excluding hydrogens is 338 g/mol. The number of anilines is 3. The average Bonchev–Trinajstić information content (AvgIpc) is 3.32. The first-order chi connectivity index (χ1) is 12.0. The first-order valence-corrected chi connectivity index (χ1v) is 8.88. The van der Waals surface area contributed by atoms with E-state index in [-0.39, 0.29) is 6.04 Å². The van der Waals surface area contributed by atoms with Crippen LogP contribution in [0.5, 0.6) is 0 Å². The largest absolute Gasteiger partial charge is 0.366 e. The van der Waals surface area contributed by atoms with Gasteiger partial charge in [0.1, 0.15) is 17.3 Å². The van der Waals surface area contributed by atoms with Crippen molar-refractivity contribution in [3.63, 3.8) is 0 Å². The van der Waals surface area contributed by atoms with Crippen molar-refractivity contribution in [3.8, 4) is 0 Å². The average molecular weight is 359 g/mol. The zero-order chi connectivity index (χ0) is 18.0. The Morgan fingerprint density at radius 1 is 1.48 bits per heavy atom. The number of carbonyl (C=O) groups excluding carboxylic acids is 2. The molecule has 1 atom stereocenters. The molecule has 132 valence electrons. The molecule has 0 saturated heterocycles. The van der Waals surface area contributed by atoms with E-state index in [0.29, 0.717) is 22.9 Å². The number of aromatic nitrogens is 1. The van der Waals surface area contributed by atoms with Gasteiger partial charge < -0.3 is 20.9 Å². The number of amides is 1. The molecule has 0 unspecified atom stereocenters. The van der Waals surface area contributed by atoms with Crippen molar-refractivity contribution in [1.82, 2.24) is 4.37 Å². The third kappa shape index (κ3) is 4.15. The summed E-state index contributed by atoms with van der Waals surface area (Å²) >= 11 is 1.29. The van der Waals surface area contributed by atoms with Gasteiger partial charge in [-0.2, -0.15) is 4.37 Å². The summed E-state index contributed by atoms with van der Waals surface area (Å²) in [5.74, 6) is 6.20. The molecule has 1 saturated carbocycles. The number of hydrazine groups is 1. The van der Waals surface area contributed by atoms with Crippen LogP contribution >= 0.6 is 11.5 Å². The molecule has 2 aromatic rings. The lowest BCUT2D eigenvalue weighted by Gasteiger charge is -2.26. The maximum absolute atomic E-state index is 11.7. The number of aldehydes is 1. The molecule has 0 aliphatic heterocycles. The quantitative estimate of drug-likeness (QED) is 0.379. The van der Waals surface area contributed by atoms with Crippen LogP contribution in [0.3, 0.4) is 0 Å². The van der Waals surface area contributed by atoms with E-state index in [2.05, 4.69) is 9.69 Å². The number of primary amides is 1. The highest BCUT2D eigenvalue weighted by atomic mass is 32.1. The predicted molar refractivity (Wildman–Crippen MR) is 99.0 cm³/mol. The Kier molecular flexibility index (Phi) is 5.00. The second-order valence-corrected chi connectivity index (χ2v) is 7.15. The van der Waals surface area contributed by atoms with Crippen LogP contribution in [0.4, 0.5) is 16.4 Å². The fourth-order valence-corrected chi connectivity index (χ4v) is 3.36. The molecule has 8 heteroatoms. The molecule has 25 heavy (non-hydrogen) atoms. The molecular formula is C17H21N5O2S. The van der Waals surface area contributed by atoms with Crippen molar-refractivity contribution in [2.24, 2.45) is 17.5 Å². The summed E-state index contributed by atoms with van der Waals surface area (Å²) in [4.78, 5) is 23.1. The number of hydrogen-bond acceptors (Lipinski definition) is 7. The number of hydrogen-bond donors (Lipinski definition) is 3. The standard InChI is InChI=1S/C17H21N5O2S/c1-10-6-16(25-21-10)20-15-8-12(4-5-14(15)17(18)24)22(19)13(9-23)7-11-2-3-11/h4-6,8-9,11,13,20H,2-3,7,19H2,1H3,(H2,18,24)/t13-/m1/s1. The third-order valence-corrected chi connectivity index (χ3v) is 5.03. The van der Waals surface area contributed by atoms with E-state index in [1.807, 2.05) is 13.0 Å². The predicted octanol–water partition coefficient (Wildman–Crippen LogP) is 2.34. The summed E-state index contributed by atoms with van der Waals surface area (Å²) in [6.45, 7) is 1.89. The van der Waals surface area contributed by atoms with Gasteiger partial charge in [-0.05, 0) is 55.1 Å². The molecule has 1 aliphatic carbocycles. The van der Waals surface area contributed by atoms with Gasteiger partial charge in [0.25, 0.3) is 5.91 Å². The minimum atomic E-state index is -0.538. The van der Waals surface area contributed by atoms with Gasteiger partial charge in [0.2, 0.25) is 0 Å². The van der Waals surface area contributed by atoms with E-state index in [9.17, 15) is 9.59 Å². The van der Waals surface area contributed by atoms with Gasteiger partial charge in [0.15, 0.2) is 0 Å². The van der Waals surface area contributed by atoms with Crippen LogP contribution in [0, 0.1) is 12.8 Å². The van der Waals surface area contributed by atoms with Crippen molar-refractivity contribution in [2.45, 2.75) is 32.2 Å². The lowest BCUT2D eigenvalue weighted by atomic mass is 10.1. The number of rotatable bonds is 8. The fourth-order valence-electron chi connectivity index (χ4n) is 2.69. The van der Waals surface area contributed by atoms with Crippen LogP contribution in [-0.4, -0.2) is 22.6 Å². The van der Waals surface area contributed by atoms with E-state index >= 15 is 0 Å². The second kappa shape index (κ2) is 7.20. The van der Waals surface area contributed by atoms with Gasteiger partial charge in [-0.3, -0.25) is 4.79 Å². The normalized spacial score (nSPS) is 14.8. The Bertz CT molecular complexity index is 787. The minimum absolute atomic E-state index is 0.355. The lowest BCUT2D eigenvalue weighted by Crippen LogP contribution is -2.42. The van der Waals surface area contributed by atoms with Crippen molar-refractivity contribution < 1.29 is 9.59 Å². The fraction of sp³-hybridized carbons (Fsp3) is 0.353. The number of carbonyl (C=O) groups is 2. The number of nitrogens with one attached hydrogen (secondary N) is 1. The van der Waals surface area contributed by atoms with Gasteiger partial charge in [-0.15, -0.1) is 0 Å². The minimum Gasteiger partial charge on any atom is -0.366 e. The third-order valence-electron chi connectivity index (χ3n) is 4.24. The van der Waals surface area contributed by atoms with Gasteiger partial charge in [0, 0.05) is 0 Å². The highest BCUT2D eigenvalue weighted by Gasteiger charge is 2.28. The van der Waals surface area contributed by atoms with Crippen LogP contribution in [0.15, 0.2) is 24.3 Å². The van der Waals surface area contributed by atoms with E-state index in [0.717, 1.165) is 36.2 Å². The molecule has 0 spiro atoms.